The SMILES string of the molecule is C=C1C(=O)OC2(C)CCC3C=CC(=O)C3CC12C. The summed E-state index contributed by atoms with van der Waals surface area (Å²) in [4.78, 5) is 23.8. The molecule has 2 aliphatic carbocycles. The Morgan fingerprint density at radius 2 is 2.11 bits per heavy atom. The van der Waals surface area contributed by atoms with Gasteiger partial charge in [0.1, 0.15) is 5.60 Å². The molecule has 3 rings (SSSR count). The Balaban J connectivity index is 2.04. The molecular formula is C15H18O3. The molecule has 4 unspecified atom stereocenters. The fourth-order valence-corrected chi connectivity index (χ4v) is 3.71. The number of fused-ring (bicyclic) bond motifs is 2. The van der Waals surface area contributed by atoms with Crippen LogP contribution >= 0.6 is 0 Å². The topological polar surface area (TPSA) is 43.4 Å². The van der Waals surface area contributed by atoms with Crippen molar-refractivity contribution in [3.63, 3.8) is 0 Å². The largest absolute Gasteiger partial charge is 0.455 e. The summed E-state index contributed by atoms with van der Waals surface area (Å²) >= 11 is 0. The Kier molecular flexibility index (Phi) is 2.17. The molecule has 18 heavy (non-hydrogen) atoms. The maximum atomic E-state index is 11.9. The molecule has 1 saturated heterocycles. The lowest BCUT2D eigenvalue weighted by atomic mass is 9.66. The summed E-state index contributed by atoms with van der Waals surface area (Å²) in [6.45, 7) is 7.92. The van der Waals surface area contributed by atoms with E-state index in [0.717, 1.165) is 12.8 Å². The van der Waals surface area contributed by atoms with Crippen molar-refractivity contribution in [3.05, 3.63) is 24.3 Å². The monoisotopic (exact) mass is 246 g/mol. The van der Waals surface area contributed by atoms with Crippen LogP contribution in [0.5, 0.6) is 0 Å². The van der Waals surface area contributed by atoms with Crippen molar-refractivity contribution in [1.29, 1.82) is 0 Å². The van der Waals surface area contributed by atoms with E-state index in [1.165, 1.54) is 0 Å². The molecule has 1 heterocycles. The molecule has 4 atom stereocenters. The molecule has 96 valence electrons. The first-order chi connectivity index (χ1) is 8.37. The van der Waals surface area contributed by atoms with Gasteiger partial charge in [-0.3, -0.25) is 4.79 Å². The van der Waals surface area contributed by atoms with E-state index in [1.54, 1.807) is 6.08 Å². The number of esters is 1. The molecule has 1 aliphatic heterocycles. The van der Waals surface area contributed by atoms with Crippen LogP contribution in [-0.2, 0) is 14.3 Å². The minimum absolute atomic E-state index is 0.00285. The van der Waals surface area contributed by atoms with E-state index >= 15 is 0 Å². The molecule has 0 amide bonds. The van der Waals surface area contributed by atoms with Crippen molar-refractivity contribution in [3.8, 4) is 0 Å². The molecule has 0 radical (unpaired) electrons. The standard InChI is InChI=1S/C15H18O3/c1-9-13(17)18-15(3)7-6-10-4-5-12(16)11(10)8-14(9,15)2/h4-5,10-11H,1,6-8H2,2-3H3. The summed E-state index contributed by atoms with van der Waals surface area (Å²) in [5.74, 6) is 0.209. The minimum atomic E-state index is -0.500. The van der Waals surface area contributed by atoms with Gasteiger partial charge in [-0.15, -0.1) is 0 Å². The number of rotatable bonds is 0. The Bertz CT molecular complexity index is 490. The highest BCUT2D eigenvalue weighted by atomic mass is 16.6. The van der Waals surface area contributed by atoms with E-state index in [1.807, 2.05) is 19.9 Å². The fourth-order valence-electron chi connectivity index (χ4n) is 3.71. The fraction of sp³-hybridized carbons (Fsp3) is 0.600. The maximum Gasteiger partial charge on any atom is 0.334 e. The van der Waals surface area contributed by atoms with Crippen molar-refractivity contribution in [2.24, 2.45) is 17.3 Å². The van der Waals surface area contributed by atoms with Crippen LogP contribution in [-0.4, -0.2) is 17.4 Å². The third-order valence-electron chi connectivity index (χ3n) is 5.37. The van der Waals surface area contributed by atoms with E-state index in [-0.39, 0.29) is 17.7 Å². The van der Waals surface area contributed by atoms with Gasteiger partial charge in [-0.2, -0.15) is 0 Å². The lowest BCUT2D eigenvalue weighted by Gasteiger charge is -2.37. The van der Waals surface area contributed by atoms with E-state index in [2.05, 4.69) is 6.58 Å². The van der Waals surface area contributed by atoms with Gasteiger partial charge in [0.2, 0.25) is 0 Å². The number of hydrogen-bond acceptors (Lipinski definition) is 3. The van der Waals surface area contributed by atoms with Gasteiger partial charge in [0.25, 0.3) is 0 Å². The number of hydrogen-bond donors (Lipinski definition) is 0. The lowest BCUT2D eigenvalue weighted by molar-refractivity contribution is -0.149. The molecule has 0 bridgehead atoms. The van der Waals surface area contributed by atoms with Crippen molar-refractivity contribution >= 4 is 11.8 Å². The molecule has 3 aliphatic rings. The molecule has 0 aromatic carbocycles. The summed E-state index contributed by atoms with van der Waals surface area (Å²) in [5, 5.41) is 0. The van der Waals surface area contributed by atoms with E-state index in [9.17, 15) is 9.59 Å². The van der Waals surface area contributed by atoms with E-state index in [0.29, 0.717) is 17.9 Å². The van der Waals surface area contributed by atoms with Crippen molar-refractivity contribution in [1.82, 2.24) is 0 Å². The first-order valence-electron chi connectivity index (χ1n) is 6.52. The first kappa shape index (κ1) is 11.7. The zero-order valence-corrected chi connectivity index (χ0v) is 10.9. The number of ketones is 1. The molecule has 3 heteroatoms. The molecular weight excluding hydrogens is 228 g/mol. The Labute approximate surface area is 107 Å². The minimum Gasteiger partial charge on any atom is -0.455 e. The number of carbonyl (C=O) groups excluding carboxylic acids is 2. The van der Waals surface area contributed by atoms with Crippen molar-refractivity contribution in [2.75, 3.05) is 0 Å². The van der Waals surface area contributed by atoms with E-state index < -0.39 is 11.0 Å². The van der Waals surface area contributed by atoms with Gasteiger partial charge in [0.15, 0.2) is 5.78 Å². The Morgan fingerprint density at radius 3 is 2.83 bits per heavy atom. The van der Waals surface area contributed by atoms with Gasteiger partial charge in [0.05, 0.1) is 0 Å². The normalized spacial score (nSPS) is 46.7. The lowest BCUT2D eigenvalue weighted by Crippen LogP contribution is -2.41. The van der Waals surface area contributed by atoms with Crippen LogP contribution in [0.15, 0.2) is 24.3 Å². The number of ether oxygens (including phenoxy) is 1. The maximum absolute atomic E-state index is 11.9. The van der Waals surface area contributed by atoms with Crippen LogP contribution in [0.2, 0.25) is 0 Å². The van der Waals surface area contributed by atoms with Gasteiger partial charge < -0.3 is 4.74 Å². The van der Waals surface area contributed by atoms with Crippen molar-refractivity contribution in [2.45, 2.75) is 38.7 Å². The molecule has 0 spiro atoms. The first-order valence-corrected chi connectivity index (χ1v) is 6.52. The van der Waals surface area contributed by atoms with Gasteiger partial charge in [-0.25, -0.2) is 4.79 Å². The van der Waals surface area contributed by atoms with Gasteiger partial charge in [-0.05, 0) is 38.2 Å². The number of allylic oxidation sites excluding steroid dienone is 2. The third kappa shape index (κ3) is 1.25. The van der Waals surface area contributed by atoms with Crippen LogP contribution in [0, 0.1) is 17.3 Å². The van der Waals surface area contributed by atoms with E-state index in [4.69, 9.17) is 4.74 Å². The zero-order chi connectivity index (χ0) is 13.1. The quantitative estimate of drug-likeness (QED) is 0.487. The highest BCUT2D eigenvalue weighted by molar-refractivity contribution is 5.96. The summed E-state index contributed by atoms with van der Waals surface area (Å²) in [6, 6.07) is 0. The van der Waals surface area contributed by atoms with Crippen LogP contribution in [0.3, 0.4) is 0 Å². The zero-order valence-electron chi connectivity index (χ0n) is 10.9. The molecule has 0 aromatic heterocycles. The van der Waals surface area contributed by atoms with Gasteiger partial charge in [-0.1, -0.05) is 19.6 Å². The summed E-state index contributed by atoms with van der Waals surface area (Å²) in [7, 11) is 0. The van der Waals surface area contributed by atoms with Crippen LogP contribution in [0.4, 0.5) is 0 Å². The number of carbonyl (C=O) groups is 2. The van der Waals surface area contributed by atoms with Crippen LogP contribution < -0.4 is 0 Å². The molecule has 1 saturated carbocycles. The predicted molar refractivity (Wildman–Crippen MR) is 66.7 cm³/mol. The second-order valence-electron chi connectivity index (χ2n) is 6.21. The second kappa shape index (κ2) is 3.34. The third-order valence-corrected chi connectivity index (χ3v) is 5.37. The second-order valence-corrected chi connectivity index (χ2v) is 6.21. The van der Waals surface area contributed by atoms with Crippen LogP contribution in [0.25, 0.3) is 0 Å². The Hall–Kier alpha value is -1.38. The molecule has 3 nitrogen and oxygen atoms in total. The predicted octanol–water partition coefficient (Wildman–Crippen LogP) is 2.42. The summed E-state index contributed by atoms with van der Waals surface area (Å²) < 4.78 is 5.57. The molecule has 2 fully saturated rings. The van der Waals surface area contributed by atoms with Crippen molar-refractivity contribution < 1.29 is 14.3 Å². The summed E-state index contributed by atoms with van der Waals surface area (Å²) in [6.07, 6.45) is 6.09. The summed E-state index contributed by atoms with van der Waals surface area (Å²) in [5.41, 5.74) is -0.379. The van der Waals surface area contributed by atoms with Gasteiger partial charge in [0, 0.05) is 16.9 Å². The molecule has 0 aromatic rings. The smallest absolute Gasteiger partial charge is 0.334 e. The van der Waals surface area contributed by atoms with Crippen LogP contribution in [0.1, 0.15) is 33.1 Å². The highest BCUT2D eigenvalue weighted by Gasteiger charge is 2.60. The van der Waals surface area contributed by atoms with Gasteiger partial charge >= 0.3 is 5.97 Å². The average Bonchev–Trinajstić information content (AvgIpc) is 2.68. The average molecular weight is 246 g/mol. The Morgan fingerprint density at radius 1 is 1.39 bits per heavy atom. The highest BCUT2D eigenvalue weighted by Crippen LogP contribution is 2.57. The molecule has 0 N–H and O–H groups in total.